The van der Waals surface area contributed by atoms with Gasteiger partial charge in [-0.25, -0.2) is 4.68 Å². The third-order valence-corrected chi connectivity index (χ3v) is 4.15. The summed E-state index contributed by atoms with van der Waals surface area (Å²) in [5.41, 5.74) is 4.48. The largest absolute Gasteiger partial charge is 0.492 e. The number of fused-ring (bicyclic) bond motifs is 2. The Morgan fingerprint density at radius 1 is 1.27 bits per heavy atom. The van der Waals surface area contributed by atoms with Gasteiger partial charge >= 0.3 is 0 Å². The van der Waals surface area contributed by atoms with Crippen LogP contribution in [0.1, 0.15) is 11.1 Å². The highest BCUT2D eigenvalue weighted by atomic mass is 16.5. The number of aromatic nitrogens is 3. The molecule has 1 aromatic heterocycles. The molecular weight excluding hydrogens is 276 g/mol. The second kappa shape index (κ2) is 5.42. The van der Waals surface area contributed by atoms with E-state index in [2.05, 4.69) is 46.0 Å². The van der Waals surface area contributed by atoms with Gasteiger partial charge in [0.25, 0.3) is 0 Å². The maximum Gasteiger partial charge on any atom is 0.122 e. The van der Waals surface area contributed by atoms with Crippen LogP contribution >= 0.6 is 0 Å². The number of nitrogens with zero attached hydrogens (tertiary/aromatic N) is 3. The summed E-state index contributed by atoms with van der Waals surface area (Å²) < 4.78 is 7.60. The molecule has 3 aromatic rings. The minimum absolute atomic E-state index is 0.340. The Morgan fingerprint density at radius 3 is 3.14 bits per heavy atom. The van der Waals surface area contributed by atoms with Crippen molar-refractivity contribution in [1.29, 1.82) is 0 Å². The van der Waals surface area contributed by atoms with Gasteiger partial charge in [0.2, 0.25) is 0 Å². The first-order valence-electron chi connectivity index (χ1n) is 7.52. The zero-order chi connectivity index (χ0) is 14.9. The van der Waals surface area contributed by atoms with Crippen LogP contribution in [0.15, 0.2) is 42.5 Å². The molecule has 4 rings (SSSR count). The minimum Gasteiger partial charge on any atom is -0.492 e. The standard InChI is InChI=1S/C17H18N4O/c1-21-16-7-6-12(8-15(16)19-20-21)10-18-14-9-13-4-2-3-5-17(13)22-11-14/h2-8,14,18H,9-11H2,1H3. The first-order valence-corrected chi connectivity index (χ1v) is 7.52. The summed E-state index contributed by atoms with van der Waals surface area (Å²) in [7, 11) is 1.91. The lowest BCUT2D eigenvalue weighted by Crippen LogP contribution is -2.38. The second-order valence-electron chi connectivity index (χ2n) is 5.74. The first kappa shape index (κ1) is 13.3. The molecule has 2 aromatic carbocycles. The van der Waals surface area contributed by atoms with E-state index in [4.69, 9.17) is 4.74 Å². The van der Waals surface area contributed by atoms with Gasteiger partial charge in [-0.3, -0.25) is 0 Å². The summed E-state index contributed by atoms with van der Waals surface area (Å²) in [6.45, 7) is 1.52. The van der Waals surface area contributed by atoms with Crippen LogP contribution in [-0.4, -0.2) is 27.6 Å². The van der Waals surface area contributed by atoms with Gasteiger partial charge in [0.05, 0.1) is 5.52 Å². The molecule has 0 aliphatic carbocycles. The summed E-state index contributed by atoms with van der Waals surface area (Å²) in [6, 6.07) is 14.9. The van der Waals surface area contributed by atoms with Gasteiger partial charge < -0.3 is 10.1 Å². The number of aryl methyl sites for hydroxylation is 1. The molecule has 22 heavy (non-hydrogen) atoms. The lowest BCUT2D eigenvalue weighted by Gasteiger charge is -2.26. The van der Waals surface area contributed by atoms with Crippen LogP contribution in [-0.2, 0) is 20.0 Å². The molecule has 2 heterocycles. The molecule has 5 heteroatoms. The lowest BCUT2D eigenvalue weighted by molar-refractivity contribution is 0.238. The van der Waals surface area contributed by atoms with Gasteiger partial charge in [0.1, 0.15) is 17.9 Å². The van der Waals surface area contributed by atoms with Gasteiger partial charge in [-0.2, -0.15) is 0 Å². The SMILES string of the molecule is Cn1nnc2cc(CNC3COc4ccccc4C3)ccc21. The molecule has 1 N–H and O–H groups in total. The monoisotopic (exact) mass is 294 g/mol. The van der Waals surface area contributed by atoms with E-state index in [-0.39, 0.29) is 0 Å². The summed E-state index contributed by atoms with van der Waals surface area (Å²) >= 11 is 0. The molecule has 112 valence electrons. The van der Waals surface area contributed by atoms with E-state index in [9.17, 15) is 0 Å². The number of ether oxygens (including phenoxy) is 1. The van der Waals surface area contributed by atoms with Crippen LogP contribution in [0.5, 0.6) is 5.75 Å². The van der Waals surface area contributed by atoms with Gasteiger partial charge in [0, 0.05) is 19.6 Å². The van der Waals surface area contributed by atoms with Crippen molar-refractivity contribution in [2.45, 2.75) is 19.0 Å². The summed E-state index contributed by atoms with van der Waals surface area (Å²) in [5, 5.41) is 11.8. The predicted molar refractivity (Wildman–Crippen MR) is 84.8 cm³/mol. The van der Waals surface area contributed by atoms with Crippen LogP contribution in [0.2, 0.25) is 0 Å². The molecule has 0 saturated heterocycles. The summed E-state index contributed by atoms with van der Waals surface area (Å²) in [5.74, 6) is 1.02. The lowest BCUT2D eigenvalue weighted by atomic mass is 10.0. The highest BCUT2D eigenvalue weighted by molar-refractivity contribution is 5.74. The van der Waals surface area contributed by atoms with E-state index < -0.39 is 0 Å². The molecular formula is C17H18N4O. The van der Waals surface area contributed by atoms with E-state index in [1.54, 1.807) is 4.68 Å². The number of nitrogens with one attached hydrogen (secondary N) is 1. The fourth-order valence-corrected chi connectivity index (χ4v) is 2.92. The number of rotatable bonds is 3. The normalized spacial score (nSPS) is 17.2. The Balaban J connectivity index is 1.44. The quantitative estimate of drug-likeness (QED) is 0.803. The van der Waals surface area contributed by atoms with Gasteiger partial charge in [-0.1, -0.05) is 29.5 Å². The first-order chi connectivity index (χ1) is 10.8. The maximum atomic E-state index is 5.81. The van der Waals surface area contributed by atoms with Gasteiger partial charge in [0.15, 0.2) is 0 Å². The summed E-state index contributed by atoms with van der Waals surface area (Å²) in [4.78, 5) is 0. The molecule has 0 bridgehead atoms. The van der Waals surface area contributed by atoms with E-state index in [0.29, 0.717) is 12.6 Å². The average Bonchev–Trinajstić information content (AvgIpc) is 2.93. The van der Waals surface area contributed by atoms with E-state index >= 15 is 0 Å². The second-order valence-corrected chi connectivity index (χ2v) is 5.74. The third kappa shape index (κ3) is 2.44. The molecule has 5 nitrogen and oxygen atoms in total. The van der Waals surface area contributed by atoms with Gasteiger partial charge in [-0.05, 0) is 35.7 Å². The van der Waals surface area contributed by atoms with Crippen LogP contribution in [0.3, 0.4) is 0 Å². The van der Waals surface area contributed by atoms with Crippen molar-refractivity contribution < 1.29 is 4.74 Å². The summed E-state index contributed by atoms with van der Waals surface area (Å²) in [6.07, 6.45) is 1.00. The Hall–Kier alpha value is -2.40. The number of hydrogen-bond acceptors (Lipinski definition) is 4. The maximum absolute atomic E-state index is 5.81. The van der Waals surface area contributed by atoms with Crippen LogP contribution in [0, 0.1) is 0 Å². The zero-order valence-corrected chi connectivity index (χ0v) is 12.5. The fourth-order valence-electron chi connectivity index (χ4n) is 2.92. The topological polar surface area (TPSA) is 52.0 Å². The number of hydrogen-bond donors (Lipinski definition) is 1. The Labute approximate surface area is 128 Å². The fraction of sp³-hybridized carbons (Fsp3) is 0.294. The molecule has 1 atom stereocenters. The minimum atomic E-state index is 0.340. The Bertz CT molecular complexity index is 811. The van der Waals surface area contributed by atoms with Crippen molar-refractivity contribution in [3.05, 3.63) is 53.6 Å². The van der Waals surface area contributed by atoms with E-state index in [1.807, 2.05) is 19.2 Å². The van der Waals surface area contributed by atoms with Crippen molar-refractivity contribution >= 4 is 11.0 Å². The number of para-hydroxylation sites is 1. The molecule has 0 amide bonds. The predicted octanol–water partition coefficient (Wildman–Crippen LogP) is 2.06. The molecule has 0 spiro atoms. The highest BCUT2D eigenvalue weighted by Crippen LogP contribution is 2.24. The number of benzene rings is 2. The highest BCUT2D eigenvalue weighted by Gasteiger charge is 2.18. The van der Waals surface area contributed by atoms with Gasteiger partial charge in [-0.15, -0.1) is 5.10 Å². The van der Waals surface area contributed by atoms with Crippen molar-refractivity contribution in [3.63, 3.8) is 0 Å². The van der Waals surface area contributed by atoms with Crippen molar-refractivity contribution in [3.8, 4) is 5.75 Å². The molecule has 1 aliphatic rings. The Kier molecular flexibility index (Phi) is 3.27. The van der Waals surface area contributed by atoms with Crippen LogP contribution in [0.25, 0.3) is 11.0 Å². The van der Waals surface area contributed by atoms with Crippen LogP contribution in [0.4, 0.5) is 0 Å². The van der Waals surface area contributed by atoms with Crippen molar-refractivity contribution in [2.24, 2.45) is 7.05 Å². The Morgan fingerprint density at radius 2 is 2.18 bits per heavy atom. The molecule has 1 aliphatic heterocycles. The van der Waals surface area contributed by atoms with Crippen LogP contribution < -0.4 is 10.1 Å². The third-order valence-electron chi connectivity index (χ3n) is 4.15. The van der Waals surface area contributed by atoms with Crippen molar-refractivity contribution in [2.75, 3.05) is 6.61 Å². The van der Waals surface area contributed by atoms with E-state index in [1.165, 1.54) is 11.1 Å². The smallest absolute Gasteiger partial charge is 0.122 e. The van der Waals surface area contributed by atoms with Crippen molar-refractivity contribution in [1.82, 2.24) is 20.3 Å². The molecule has 0 fully saturated rings. The molecule has 0 saturated carbocycles. The average molecular weight is 294 g/mol. The zero-order valence-electron chi connectivity index (χ0n) is 12.5. The van der Waals surface area contributed by atoms with E-state index in [0.717, 1.165) is 29.7 Å². The molecule has 1 unspecified atom stereocenters. The molecule has 0 radical (unpaired) electrons.